The van der Waals surface area contributed by atoms with Crippen molar-refractivity contribution < 1.29 is 5.11 Å². The van der Waals surface area contributed by atoms with Crippen LogP contribution in [-0.4, -0.2) is 65.3 Å². The zero-order valence-corrected chi connectivity index (χ0v) is 14.8. The third-order valence-electron chi connectivity index (χ3n) is 5.07. The average molecular weight is 333 g/mol. The highest BCUT2D eigenvalue weighted by atomic mass is 16.3. The SMILES string of the molecule is C[C@@H](O)CN1CCC(CNCc2cnc(N3CCCC3)nc2)CC1. The van der Waals surface area contributed by atoms with Gasteiger partial charge in [-0.05, 0) is 58.2 Å². The number of nitrogens with one attached hydrogen (secondary N) is 1. The molecule has 2 aliphatic heterocycles. The van der Waals surface area contributed by atoms with Crippen molar-refractivity contribution in [3.63, 3.8) is 0 Å². The smallest absolute Gasteiger partial charge is 0.225 e. The molecule has 0 saturated carbocycles. The van der Waals surface area contributed by atoms with Crippen LogP contribution in [0, 0.1) is 5.92 Å². The highest BCUT2D eigenvalue weighted by Gasteiger charge is 2.19. The predicted molar refractivity (Wildman–Crippen MR) is 96.0 cm³/mol. The molecule has 0 bridgehead atoms. The van der Waals surface area contributed by atoms with Crippen molar-refractivity contribution in [3.8, 4) is 0 Å². The molecule has 1 atom stereocenters. The number of hydrogen-bond donors (Lipinski definition) is 2. The molecule has 2 saturated heterocycles. The van der Waals surface area contributed by atoms with Gasteiger partial charge >= 0.3 is 0 Å². The van der Waals surface area contributed by atoms with E-state index in [2.05, 4.69) is 25.1 Å². The van der Waals surface area contributed by atoms with Gasteiger partial charge in [0.05, 0.1) is 6.10 Å². The van der Waals surface area contributed by atoms with Crippen molar-refractivity contribution in [2.45, 2.75) is 45.3 Å². The van der Waals surface area contributed by atoms with Crippen molar-refractivity contribution in [2.24, 2.45) is 5.92 Å². The van der Waals surface area contributed by atoms with E-state index < -0.39 is 0 Å². The minimum absolute atomic E-state index is 0.219. The van der Waals surface area contributed by atoms with Gasteiger partial charge < -0.3 is 20.2 Å². The van der Waals surface area contributed by atoms with Crippen LogP contribution < -0.4 is 10.2 Å². The lowest BCUT2D eigenvalue weighted by Gasteiger charge is -2.32. The first-order valence-electron chi connectivity index (χ1n) is 9.37. The fraction of sp³-hybridized carbons (Fsp3) is 0.778. The molecule has 1 aromatic heterocycles. The van der Waals surface area contributed by atoms with Gasteiger partial charge in [0.15, 0.2) is 0 Å². The Kier molecular flexibility index (Phi) is 6.40. The van der Waals surface area contributed by atoms with Gasteiger partial charge in [-0.15, -0.1) is 0 Å². The summed E-state index contributed by atoms with van der Waals surface area (Å²) in [6.45, 7) is 8.95. The Labute approximate surface area is 145 Å². The summed E-state index contributed by atoms with van der Waals surface area (Å²) in [4.78, 5) is 13.6. The van der Waals surface area contributed by atoms with E-state index in [-0.39, 0.29) is 6.10 Å². The van der Waals surface area contributed by atoms with Crippen LogP contribution in [0.15, 0.2) is 12.4 Å². The first kappa shape index (κ1) is 17.6. The number of aromatic nitrogens is 2. The van der Waals surface area contributed by atoms with E-state index in [0.29, 0.717) is 0 Å². The van der Waals surface area contributed by atoms with E-state index in [1.807, 2.05) is 19.3 Å². The fourth-order valence-electron chi connectivity index (χ4n) is 3.69. The molecule has 2 N–H and O–H groups in total. The van der Waals surface area contributed by atoms with Crippen LogP contribution in [0.1, 0.15) is 38.2 Å². The maximum atomic E-state index is 9.46. The second kappa shape index (κ2) is 8.74. The van der Waals surface area contributed by atoms with Crippen LogP contribution in [0.25, 0.3) is 0 Å². The van der Waals surface area contributed by atoms with Crippen molar-refractivity contribution in [2.75, 3.05) is 44.2 Å². The Morgan fingerprint density at radius 2 is 1.83 bits per heavy atom. The van der Waals surface area contributed by atoms with E-state index >= 15 is 0 Å². The van der Waals surface area contributed by atoms with Crippen LogP contribution in [-0.2, 0) is 6.54 Å². The van der Waals surface area contributed by atoms with Crippen molar-refractivity contribution in [1.82, 2.24) is 20.2 Å². The molecular formula is C18H31N5O. The molecule has 3 heterocycles. The third-order valence-corrected chi connectivity index (χ3v) is 5.07. The lowest BCUT2D eigenvalue weighted by molar-refractivity contribution is 0.0998. The number of rotatable bonds is 7. The Bertz CT molecular complexity index is 479. The molecule has 0 amide bonds. The summed E-state index contributed by atoms with van der Waals surface area (Å²) < 4.78 is 0. The molecule has 0 unspecified atom stereocenters. The van der Waals surface area contributed by atoms with E-state index in [4.69, 9.17) is 0 Å². The monoisotopic (exact) mass is 333 g/mol. The average Bonchev–Trinajstić information content (AvgIpc) is 3.11. The second-order valence-electron chi connectivity index (χ2n) is 7.31. The highest BCUT2D eigenvalue weighted by molar-refractivity contribution is 5.30. The molecule has 2 fully saturated rings. The molecule has 0 radical (unpaired) electrons. The lowest BCUT2D eigenvalue weighted by atomic mass is 9.96. The highest BCUT2D eigenvalue weighted by Crippen LogP contribution is 2.17. The van der Waals surface area contributed by atoms with Crippen LogP contribution in [0.2, 0.25) is 0 Å². The first-order valence-corrected chi connectivity index (χ1v) is 9.37. The fourth-order valence-corrected chi connectivity index (χ4v) is 3.69. The number of aliphatic hydroxyl groups excluding tert-OH is 1. The minimum Gasteiger partial charge on any atom is -0.392 e. The topological polar surface area (TPSA) is 64.5 Å². The molecule has 0 aromatic carbocycles. The number of likely N-dealkylation sites (tertiary alicyclic amines) is 1. The quantitative estimate of drug-likeness (QED) is 0.783. The third kappa shape index (κ3) is 5.13. The van der Waals surface area contributed by atoms with E-state index in [1.165, 1.54) is 25.7 Å². The normalized spacial score (nSPS) is 21.3. The van der Waals surface area contributed by atoms with Crippen LogP contribution >= 0.6 is 0 Å². The van der Waals surface area contributed by atoms with Gasteiger partial charge in [-0.3, -0.25) is 0 Å². The molecule has 134 valence electrons. The Morgan fingerprint density at radius 1 is 1.17 bits per heavy atom. The minimum atomic E-state index is -0.219. The van der Waals surface area contributed by atoms with E-state index in [0.717, 1.165) is 63.2 Å². The molecule has 1 aromatic rings. The molecule has 2 aliphatic rings. The summed E-state index contributed by atoms with van der Waals surface area (Å²) in [5.41, 5.74) is 1.16. The van der Waals surface area contributed by atoms with Crippen LogP contribution in [0.3, 0.4) is 0 Å². The van der Waals surface area contributed by atoms with Crippen molar-refractivity contribution in [1.29, 1.82) is 0 Å². The van der Waals surface area contributed by atoms with Gasteiger partial charge in [-0.2, -0.15) is 0 Å². The maximum absolute atomic E-state index is 9.46. The number of β-amino-alcohol motifs (C(OH)–C–C–N with tert-alkyl or cyclic N) is 1. The zero-order valence-electron chi connectivity index (χ0n) is 14.8. The van der Waals surface area contributed by atoms with Gasteiger partial charge in [0, 0.05) is 44.1 Å². The Balaban J connectivity index is 1.35. The standard InChI is InChI=1S/C18H31N5O/c1-15(24)14-22-8-4-16(5-9-22)10-19-11-17-12-20-18(21-13-17)23-6-2-3-7-23/h12-13,15-16,19,24H,2-11,14H2,1H3/t15-/m1/s1. The van der Waals surface area contributed by atoms with E-state index in [1.54, 1.807) is 0 Å². The van der Waals surface area contributed by atoms with Crippen molar-refractivity contribution >= 4 is 5.95 Å². The van der Waals surface area contributed by atoms with Crippen LogP contribution in [0.5, 0.6) is 0 Å². The summed E-state index contributed by atoms with van der Waals surface area (Å²) >= 11 is 0. The maximum Gasteiger partial charge on any atom is 0.225 e. The van der Waals surface area contributed by atoms with Gasteiger partial charge in [0.1, 0.15) is 0 Å². The number of anilines is 1. The lowest BCUT2D eigenvalue weighted by Crippen LogP contribution is -2.40. The van der Waals surface area contributed by atoms with Gasteiger partial charge in [0.2, 0.25) is 5.95 Å². The molecule has 3 rings (SSSR count). The number of aliphatic hydroxyl groups is 1. The Morgan fingerprint density at radius 3 is 2.46 bits per heavy atom. The molecule has 6 nitrogen and oxygen atoms in total. The number of piperidine rings is 1. The number of hydrogen-bond acceptors (Lipinski definition) is 6. The first-order chi connectivity index (χ1) is 11.7. The van der Waals surface area contributed by atoms with E-state index in [9.17, 15) is 5.11 Å². The summed E-state index contributed by atoms with van der Waals surface area (Å²) in [6, 6.07) is 0. The summed E-state index contributed by atoms with van der Waals surface area (Å²) in [6.07, 6.45) is 8.63. The largest absolute Gasteiger partial charge is 0.392 e. The number of nitrogens with zero attached hydrogens (tertiary/aromatic N) is 4. The van der Waals surface area contributed by atoms with Gasteiger partial charge in [-0.1, -0.05) is 0 Å². The zero-order chi connectivity index (χ0) is 16.8. The van der Waals surface area contributed by atoms with Crippen LogP contribution in [0.4, 0.5) is 5.95 Å². The molecular weight excluding hydrogens is 302 g/mol. The summed E-state index contributed by atoms with van der Waals surface area (Å²) in [5, 5.41) is 13.0. The summed E-state index contributed by atoms with van der Waals surface area (Å²) in [5.74, 6) is 1.61. The van der Waals surface area contributed by atoms with Crippen molar-refractivity contribution in [3.05, 3.63) is 18.0 Å². The molecule has 0 aliphatic carbocycles. The molecule has 6 heteroatoms. The Hall–Kier alpha value is -1.24. The summed E-state index contributed by atoms with van der Waals surface area (Å²) in [7, 11) is 0. The predicted octanol–water partition coefficient (Wildman–Crippen LogP) is 1.26. The van der Waals surface area contributed by atoms with Gasteiger partial charge in [0.25, 0.3) is 0 Å². The second-order valence-corrected chi connectivity index (χ2v) is 7.31. The molecule has 24 heavy (non-hydrogen) atoms. The van der Waals surface area contributed by atoms with Gasteiger partial charge in [-0.25, -0.2) is 9.97 Å². The molecule has 0 spiro atoms.